The summed E-state index contributed by atoms with van der Waals surface area (Å²) in [5, 5.41) is 3.50. The predicted octanol–water partition coefficient (Wildman–Crippen LogP) is 4.84. The number of amides is 4. The molecule has 0 N–H and O–H groups in total. The van der Waals surface area contributed by atoms with Crippen LogP contribution in [0.4, 0.5) is 5.69 Å². The Bertz CT molecular complexity index is 1720. The molecule has 0 bridgehead atoms. The van der Waals surface area contributed by atoms with Gasteiger partial charge in [-0.1, -0.05) is 36.4 Å². The number of rotatable bonds is 9. The summed E-state index contributed by atoms with van der Waals surface area (Å²) < 4.78 is 0. The van der Waals surface area contributed by atoms with E-state index in [2.05, 4.69) is 18.7 Å². The summed E-state index contributed by atoms with van der Waals surface area (Å²) in [5.74, 6) is -0.773. The normalized spacial score (nSPS) is 14.1. The fraction of sp³-hybridized carbons (Fsp3) is 0.333. The van der Waals surface area contributed by atoms with Crippen LogP contribution in [0.5, 0.6) is 0 Å². The molecule has 2 aliphatic rings. The zero-order valence-corrected chi connectivity index (χ0v) is 27.0. The summed E-state index contributed by atoms with van der Waals surface area (Å²) in [5.41, 5.74) is 3.57. The lowest BCUT2D eigenvalue weighted by Gasteiger charge is -2.30. The van der Waals surface area contributed by atoms with Crippen LogP contribution in [0, 0.1) is 0 Å². The third-order valence-electron chi connectivity index (χ3n) is 8.47. The van der Waals surface area contributed by atoms with Crippen LogP contribution in [0.15, 0.2) is 66.7 Å². The smallest absolute Gasteiger partial charge is 0.261 e. The van der Waals surface area contributed by atoms with Crippen LogP contribution >= 0.6 is 0 Å². The summed E-state index contributed by atoms with van der Waals surface area (Å²) in [4.78, 5) is 59.8. The highest BCUT2D eigenvalue weighted by Crippen LogP contribution is 2.36. The van der Waals surface area contributed by atoms with Gasteiger partial charge in [0.1, 0.15) is 0 Å². The van der Waals surface area contributed by atoms with E-state index in [4.69, 9.17) is 0 Å². The lowest BCUT2D eigenvalue weighted by molar-refractivity contribution is 0.0585. The van der Waals surface area contributed by atoms with E-state index in [1.807, 2.05) is 92.6 Å². The minimum atomic E-state index is -0.193. The zero-order valence-electron chi connectivity index (χ0n) is 27.0. The molecule has 0 saturated heterocycles. The van der Waals surface area contributed by atoms with Gasteiger partial charge in [0.25, 0.3) is 23.6 Å². The number of benzene rings is 4. The second-order valence-corrected chi connectivity index (χ2v) is 11.9. The van der Waals surface area contributed by atoms with Crippen molar-refractivity contribution in [1.82, 2.24) is 19.6 Å². The Kier molecular flexibility index (Phi) is 9.32. The van der Waals surface area contributed by atoms with Gasteiger partial charge in [0, 0.05) is 83.4 Å². The molecule has 0 radical (unpaired) electrons. The molecule has 4 amide bonds. The fourth-order valence-electron chi connectivity index (χ4n) is 6.06. The molecule has 2 heterocycles. The van der Waals surface area contributed by atoms with Crippen molar-refractivity contribution in [2.24, 2.45) is 0 Å². The number of nitrogens with zero attached hydrogens (tertiary/aromatic N) is 5. The maximum absolute atomic E-state index is 12.9. The van der Waals surface area contributed by atoms with Gasteiger partial charge in [0.2, 0.25) is 0 Å². The highest BCUT2D eigenvalue weighted by atomic mass is 16.2. The van der Waals surface area contributed by atoms with Crippen LogP contribution < -0.4 is 4.90 Å². The molecule has 0 spiro atoms. The molecule has 0 fully saturated rings. The number of imide groups is 2. The molecule has 0 saturated carbocycles. The van der Waals surface area contributed by atoms with E-state index in [1.54, 1.807) is 12.1 Å². The molecule has 6 rings (SSSR count). The van der Waals surface area contributed by atoms with Crippen molar-refractivity contribution < 1.29 is 19.2 Å². The standard InChI is InChI=1S/C20H25N3O2.C16H16N2O2/c1-5-22(6-2)17-11-10-16-18-14(17)8-7-9-15(18)19(24)23(20(16)25)13-12-21(3)4;1-17(2)9-10-18-15(19)12-7-3-5-11-6-4-8-13(14(11)12)16(18)20/h7-11H,5-6,12-13H2,1-4H3;3-8H,9-10H2,1-2H3. The van der Waals surface area contributed by atoms with E-state index in [0.29, 0.717) is 48.4 Å². The third kappa shape index (κ3) is 5.93. The number of carbonyl (C=O) groups excluding carboxylic acids is 4. The number of carbonyl (C=O) groups is 4. The van der Waals surface area contributed by atoms with E-state index >= 15 is 0 Å². The average molecular weight is 608 g/mol. The first-order valence-electron chi connectivity index (χ1n) is 15.4. The Morgan fingerprint density at radius 3 is 1.40 bits per heavy atom. The van der Waals surface area contributed by atoms with Crippen molar-refractivity contribution in [3.05, 3.63) is 89.0 Å². The van der Waals surface area contributed by atoms with Crippen molar-refractivity contribution in [3.63, 3.8) is 0 Å². The molecule has 4 aromatic carbocycles. The molecule has 0 atom stereocenters. The zero-order chi connectivity index (χ0) is 32.4. The summed E-state index contributed by atoms with van der Waals surface area (Å²) in [6.07, 6.45) is 0. The quantitative estimate of drug-likeness (QED) is 0.252. The molecule has 0 unspecified atom stereocenters. The highest BCUT2D eigenvalue weighted by molar-refractivity contribution is 6.27. The van der Waals surface area contributed by atoms with Crippen molar-refractivity contribution in [2.45, 2.75) is 13.8 Å². The lowest BCUT2D eigenvalue weighted by Crippen LogP contribution is -2.43. The molecule has 9 nitrogen and oxygen atoms in total. The average Bonchev–Trinajstić information content (AvgIpc) is 3.03. The highest BCUT2D eigenvalue weighted by Gasteiger charge is 2.34. The largest absolute Gasteiger partial charge is 0.372 e. The Hall–Kier alpha value is -4.60. The molecule has 0 aromatic heterocycles. The molecular weight excluding hydrogens is 566 g/mol. The maximum atomic E-state index is 12.9. The Labute approximate surface area is 264 Å². The third-order valence-corrected chi connectivity index (χ3v) is 8.47. The van der Waals surface area contributed by atoms with E-state index in [-0.39, 0.29) is 23.6 Å². The summed E-state index contributed by atoms with van der Waals surface area (Å²) in [7, 11) is 7.72. The Balaban J connectivity index is 0.000000182. The minimum Gasteiger partial charge on any atom is -0.372 e. The Morgan fingerprint density at radius 1 is 0.533 bits per heavy atom. The van der Waals surface area contributed by atoms with Gasteiger partial charge in [-0.25, -0.2) is 0 Å². The Morgan fingerprint density at radius 2 is 0.956 bits per heavy atom. The first-order chi connectivity index (χ1) is 21.6. The predicted molar refractivity (Wildman–Crippen MR) is 179 cm³/mol. The maximum Gasteiger partial charge on any atom is 0.261 e. The van der Waals surface area contributed by atoms with Crippen LogP contribution in [0.1, 0.15) is 55.3 Å². The monoisotopic (exact) mass is 607 g/mol. The molecule has 234 valence electrons. The van der Waals surface area contributed by atoms with Crippen LogP contribution in [-0.2, 0) is 0 Å². The SMILES string of the molecule is CCN(CC)c1ccc2c3c(cccc13)C(=O)N(CCN(C)C)C2=O.CN(C)CCN1C(=O)c2cccc3cccc(c23)C1=O. The number of hydrogen-bond donors (Lipinski definition) is 0. The second kappa shape index (κ2) is 13.2. The van der Waals surface area contributed by atoms with E-state index in [9.17, 15) is 19.2 Å². The van der Waals surface area contributed by atoms with Crippen LogP contribution in [-0.4, -0.2) is 111 Å². The van der Waals surface area contributed by atoms with E-state index < -0.39 is 0 Å². The van der Waals surface area contributed by atoms with Gasteiger partial charge >= 0.3 is 0 Å². The van der Waals surface area contributed by atoms with Crippen molar-refractivity contribution >= 4 is 50.9 Å². The van der Waals surface area contributed by atoms with Gasteiger partial charge in [-0.2, -0.15) is 0 Å². The molecule has 45 heavy (non-hydrogen) atoms. The topological polar surface area (TPSA) is 84.5 Å². The van der Waals surface area contributed by atoms with Crippen molar-refractivity contribution in [2.75, 3.05) is 72.4 Å². The molecule has 0 aliphatic carbocycles. The van der Waals surface area contributed by atoms with Gasteiger partial charge < -0.3 is 14.7 Å². The fourth-order valence-corrected chi connectivity index (χ4v) is 6.06. The number of hydrogen-bond acceptors (Lipinski definition) is 7. The molecule has 4 aromatic rings. The summed E-state index contributed by atoms with van der Waals surface area (Å²) in [6, 6.07) is 20.8. The summed E-state index contributed by atoms with van der Waals surface area (Å²) >= 11 is 0. The molecule has 9 heteroatoms. The van der Waals surface area contributed by atoms with Gasteiger partial charge in [0.15, 0.2) is 0 Å². The second-order valence-electron chi connectivity index (χ2n) is 11.9. The van der Waals surface area contributed by atoms with Gasteiger partial charge in [-0.05, 0) is 77.8 Å². The molecular formula is C36H41N5O4. The van der Waals surface area contributed by atoms with Crippen molar-refractivity contribution in [1.29, 1.82) is 0 Å². The first kappa shape index (κ1) is 31.8. The minimum absolute atomic E-state index is 0.193. The van der Waals surface area contributed by atoms with Crippen LogP contribution in [0.2, 0.25) is 0 Å². The van der Waals surface area contributed by atoms with E-state index in [0.717, 1.165) is 40.3 Å². The first-order valence-corrected chi connectivity index (χ1v) is 15.4. The van der Waals surface area contributed by atoms with Crippen LogP contribution in [0.25, 0.3) is 21.5 Å². The molecule has 2 aliphatic heterocycles. The number of anilines is 1. The summed E-state index contributed by atoms with van der Waals surface area (Å²) in [6.45, 7) is 8.11. The van der Waals surface area contributed by atoms with Crippen molar-refractivity contribution in [3.8, 4) is 0 Å². The van der Waals surface area contributed by atoms with Gasteiger partial charge in [0.05, 0.1) is 0 Å². The lowest BCUT2D eigenvalue weighted by atomic mass is 9.92. The number of likely N-dealkylation sites (N-methyl/N-ethyl adjacent to an activating group) is 2. The van der Waals surface area contributed by atoms with E-state index in [1.165, 1.54) is 9.80 Å². The van der Waals surface area contributed by atoms with Gasteiger partial charge in [-0.15, -0.1) is 0 Å². The van der Waals surface area contributed by atoms with Gasteiger partial charge in [-0.3, -0.25) is 29.0 Å². The van der Waals surface area contributed by atoms with Crippen LogP contribution in [0.3, 0.4) is 0 Å².